The van der Waals surface area contributed by atoms with Gasteiger partial charge in [0, 0.05) is 37.3 Å². The van der Waals surface area contributed by atoms with Gasteiger partial charge >= 0.3 is 0 Å². The Morgan fingerprint density at radius 1 is 1.36 bits per heavy atom. The van der Waals surface area contributed by atoms with Crippen LogP contribution in [0.3, 0.4) is 0 Å². The molecule has 0 radical (unpaired) electrons. The average molecular weight is 214 g/mol. The van der Waals surface area contributed by atoms with Gasteiger partial charge in [0.1, 0.15) is 5.01 Å². The SMILES string of the molecule is Cc1csc(CN(CCN)CCN)n1. The fourth-order valence-electron chi connectivity index (χ4n) is 1.30. The molecule has 0 atom stereocenters. The number of nitrogens with zero attached hydrogens (tertiary/aromatic N) is 2. The van der Waals surface area contributed by atoms with Crippen molar-refractivity contribution in [2.45, 2.75) is 13.5 Å². The van der Waals surface area contributed by atoms with E-state index in [-0.39, 0.29) is 0 Å². The largest absolute Gasteiger partial charge is 0.329 e. The molecular formula is C9H18N4S. The lowest BCUT2D eigenvalue weighted by Crippen LogP contribution is -2.33. The minimum atomic E-state index is 0.671. The van der Waals surface area contributed by atoms with E-state index < -0.39 is 0 Å². The van der Waals surface area contributed by atoms with Crippen molar-refractivity contribution in [1.82, 2.24) is 9.88 Å². The van der Waals surface area contributed by atoms with Crippen LogP contribution in [-0.4, -0.2) is 36.1 Å². The summed E-state index contributed by atoms with van der Waals surface area (Å²) in [4.78, 5) is 6.64. The maximum Gasteiger partial charge on any atom is 0.107 e. The van der Waals surface area contributed by atoms with Crippen LogP contribution >= 0.6 is 11.3 Å². The fourth-order valence-corrected chi connectivity index (χ4v) is 2.11. The summed E-state index contributed by atoms with van der Waals surface area (Å²) in [6, 6.07) is 0. The predicted molar refractivity (Wildman–Crippen MR) is 60.2 cm³/mol. The first-order chi connectivity index (χ1) is 6.76. The molecule has 1 aromatic heterocycles. The third-order valence-corrected chi connectivity index (χ3v) is 2.87. The van der Waals surface area contributed by atoms with Gasteiger partial charge in [0.05, 0.1) is 6.54 Å². The van der Waals surface area contributed by atoms with Gasteiger partial charge in [-0.05, 0) is 6.92 Å². The maximum atomic E-state index is 5.52. The quantitative estimate of drug-likeness (QED) is 0.708. The number of aromatic nitrogens is 1. The molecule has 0 aromatic carbocycles. The summed E-state index contributed by atoms with van der Waals surface area (Å²) in [6.45, 7) is 5.99. The van der Waals surface area contributed by atoms with E-state index in [0.717, 1.165) is 30.3 Å². The molecule has 5 heteroatoms. The predicted octanol–water partition coefficient (Wildman–Crippen LogP) is 0.171. The van der Waals surface area contributed by atoms with Crippen molar-refractivity contribution in [1.29, 1.82) is 0 Å². The van der Waals surface area contributed by atoms with Crippen LogP contribution in [0.25, 0.3) is 0 Å². The van der Waals surface area contributed by atoms with Gasteiger partial charge < -0.3 is 11.5 Å². The van der Waals surface area contributed by atoms with E-state index in [1.807, 2.05) is 6.92 Å². The molecule has 0 saturated carbocycles. The number of thiazole rings is 1. The van der Waals surface area contributed by atoms with Crippen molar-refractivity contribution in [2.24, 2.45) is 11.5 Å². The van der Waals surface area contributed by atoms with E-state index in [2.05, 4.69) is 15.3 Å². The minimum absolute atomic E-state index is 0.671. The molecule has 0 unspecified atom stereocenters. The summed E-state index contributed by atoms with van der Waals surface area (Å²) in [7, 11) is 0. The Balaban J connectivity index is 2.46. The molecule has 4 nitrogen and oxygen atoms in total. The maximum absolute atomic E-state index is 5.52. The second kappa shape index (κ2) is 6.08. The van der Waals surface area contributed by atoms with Crippen molar-refractivity contribution in [2.75, 3.05) is 26.2 Å². The first-order valence-electron chi connectivity index (χ1n) is 4.79. The Hall–Kier alpha value is -0.490. The van der Waals surface area contributed by atoms with Gasteiger partial charge in [-0.3, -0.25) is 4.90 Å². The van der Waals surface area contributed by atoms with Gasteiger partial charge in [-0.25, -0.2) is 4.98 Å². The lowest BCUT2D eigenvalue weighted by molar-refractivity contribution is 0.280. The van der Waals surface area contributed by atoms with Crippen LogP contribution in [0.4, 0.5) is 0 Å². The lowest BCUT2D eigenvalue weighted by atomic mass is 10.4. The molecular weight excluding hydrogens is 196 g/mol. The van der Waals surface area contributed by atoms with Crippen LogP contribution in [0.5, 0.6) is 0 Å². The Morgan fingerprint density at radius 2 is 2.00 bits per heavy atom. The second-order valence-corrected chi connectivity index (χ2v) is 4.18. The third-order valence-electron chi connectivity index (χ3n) is 1.92. The Bertz CT molecular complexity index is 255. The lowest BCUT2D eigenvalue weighted by Gasteiger charge is -2.18. The van der Waals surface area contributed by atoms with Crippen molar-refractivity contribution in [3.8, 4) is 0 Å². The van der Waals surface area contributed by atoms with E-state index in [4.69, 9.17) is 11.5 Å². The molecule has 0 aliphatic heterocycles. The number of hydrogen-bond donors (Lipinski definition) is 2. The average Bonchev–Trinajstić information content (AvgIpc) is 2.52. The highest BCUT2D eigenvalue weighted by atomic mass is 32.1. The van der Waals surface area contributed by atoms with Crippen LogP contribution < -0.4 is 11.5 Å². The Kier molecular flexibility index (Phi) is 5.03. The summed E-state index contributed by atoms with van der Waals surface area (Å²) >= 11 is 1.70. The molecule has 1 rings (SSSR count). The van der Waals surface area contributed by atoms with Crippen molar-refractivity contribution in [3.63, 3.8) is 0 Å². The molecule has 0 bridgehead atoms. The summed E-state index contributed by atoms with van der Waals surface area (Å²) < 4.78 is 0. The van der Waals surface area contributed by atoms with Crippen molar-refractivity contribution < 1.29 is 0 Å². The summed E-state index contributed by atoms with van der Waals surface area (Å²) in [5.74, 6) is 0. The molecule has 0 saturated heterocycles. The highest BCUT2D eigenvalue weighted by Crippen LogP contribution is 2.10. The monoisotopic (exact) mass is 214 g/mol. The van der Waals surface area contributed by atoms with Gasteiger partial charge in [0.15, 0.2) is 0 Å². The zero-order chi connectivity index (χ0) is 10.4. The summed E-state index contributed by atoms with van der Waals surface area (Å²) in [5.41, 5.74) is 12.1. The molecule has 14 heavy (non-hydrogen) atoms. The zero-order valence-corrected chi connectivity index (χ0v) is 9.39. The topological polar surface area (TPSA) is 68.2 Å². The van der Waals surface area contributed by atoms with E-state index in [1.165, 1.54) is 0 Å². The molecule has 0 fully saturated rings. The number of hydrogen-bond acceptors (Lipinski definition) is 5. The van der Waals surface area contributed by atoms with Crippen LogP contribution in [0, 0.1) is 6.92 Å². The molecule has 0 aliphatic rings. The van der Waals surface area contributed by atoms with Gasteiger partial charge in [-0.15, -0.1) is 11.3 Å². The normalized spacial score (nSPS) is 11.1. The molecule has 1 heterocycles. The van der Waals surface area contributed by atoms with E-state index in [0.29, 0.717) is 13.1 Å². The van der Waals surface area contributed by atoms with Gasteiger partial charge in [0.2, 0.25) is 0 Å². The molecule has 0 spiro atoms. The van der Waals surface area contributed by atoms with Crippen LogP contribution in [0.2, 0.25) is 0 Å². The van der Waals surface area contributed by atoms with Crippen LogP contribution in [0.15, 0.2) is 5.38 Å². The molecule has 4 N–H and O–H groups in total. The molecule has 1 aromatic rings. The van der Waals surface area contributed by atoms with Gasteiger partial charge in [-0.2, -0.15) is 0 Å². The second-order valence-electron chi connectivity index (χ2n) is 3.24. The summed E-state index contributed by atoms with van der Waals surface area (Å²) in [6.07, 6.45) is 0. The zero-order valence-electron chi connectivity index (χ0n) is 8.57. The number of aryl methyl sites for hydroxylation is 1. The molecule has 0 amide bonds. The van der Waals surface area contributed by atoms with E-state index in [9.17, 15) is 0 Å². The highest BCUT2D eigenvalue weighted by Gasteiger charge is 2.06. The smallest absolute Gasteiger partial charge is 0.107 e. The highest BCUT2D eigenvalue weighted by molar-refractivity contribution is 7.09. The minimum Gasteiger partial charge on any atom is -0.329 e. The third kappa shape index (κ3) is 3.71. The van der Waals surface area contributed by atoms with E-state index in [1.54, 1.807) is 11.3 Å². The molecule has 0 aliphatic carbocycles. The van der Waals surface area contributed by atoms with E-state index >= 15 is 0 Å². The van der Waals surface area contributed by atoms with Gasteiger partial charge in [0.25, 0.3) is 0 Å². The number of rotatable bonds is 6. The first-order valence-corrected chi connectivity index (χ1v) is 5.67. The Labute approximate surface area is 88.9 Å². The van der Waals surface area contributed by atoms with Crippen LogP contribution in [-0.2, 0) is 6.54 Å². The first kappa shape index (κ1) is 11.6. The standard InChI is InChI=1S/C9H18N4S/c1-8-7-14-9(12-8)6-13(4-2-10)5-3-11/h7H,2-6,10-11H2,1H3. The van der Waals surface area contributed by atoms with Gasteiger partial charge in [-0.1, -0.05) is 0 Å². The summed E-state index contributed by atoms with van der Waals surface area (Å²) in [5, 5.41) is 3.21. The van der Waals surface area contributed by atoms with Crippen molar-refractivity contribution >= 4 is 11.3 Å². The molecule has 80 valence electrons. The van der Waals surface area contributed by atoms with Crippen molar-refractivity contribution in [3.05, 3.63) is 16.1 Å². The number of nitrogens with two attached hydrogens (primary N) is 2. The Morgan fingerprint density at radius 3 is 2.43 bits per heavy atom. The fraction of sp³-hybridized carbons (Fsp3) is 0.667. The van der Waals surface area contributed by atoms with Crippen LogP contribution in [0.1, 0.15) is 10.7 Å².